The van der Waals surface area contributed by atoms with Crippen LogP contribution in [-0.4, -0.2) is 43.4 Å². The van der Waals surface area contributed by atoms with Crippen molar-refractivity contribution in [2.45, 2.75) is 25.7 Å². The van der Waals surface area contributed by atoms with E-state index in [0.717, 1.165) is 42.5 Å². The quantitative estimate of drug-likeness (QED) is 0.287. The number of anilines is 1. The van der Waals surface area contributed by atoms with Crippen molar-refractivity contribution in [2.24, 2.45) is 0 Å². The van der Waals surface area contributed by atoms with Crippen LogP contribution in [0.1, 0.15) is 35.2 Å². The number of amides is 1. The van der Waals surface area contributed by atoms with Gasteiger partial charge in [-0.3, -0.25) is 9.69 Å². The summed E-state index contributed by atoms with van der Waals surface area (Å²) >= 11 is 1.59. The normalized spacial score (nSPS) is 15.5. The summed E-state index contributed by atoms with van der Waals surface area (Å²) in [6.07, 6.45) is 7.77. The first-order valence-corrected chi connectivity index (χ1v) is 10.7. The van der Waals surface area contributed by atoms with Crippen molar-refractivity contribution in [1.82, 2.24) is 5.32 Å². The Morgan fingerprint density at radius 3 is 2.86 bits per heavy atom. The van der Waals surface area contributed by atoms with Crippen LogP contribution in [0.3, 0.4) is 0 Å². The van der Waals surface area contributed by atoms with Crippen molar-refractivity contribution in [3.63, 3.8) is 0 Å². The number of fused-ring (bicyclic) bond motifs is 1. The van der Waals surface area contributed by atoms with Crippen LogP contribution in [0.5, 0.6) is 0 Å². The number of hydrogen-bond acceptors (Lipinski definition) is 4. The molecule has 1 aromatic carbocycles. The molecule has 1 aromatic rings. The highest BCUT2D eigenvalue weighted by Gasteiger charge is 2.22. The van der Waals surface area contributed by atoms with E-state index < -0.39 is 6.09 Å². The summed E-state index contributed by atoms with van der Waals surface area (Å²) in [5.41, 5.74) is 3.76. The molecular formula is C22H28N2O3S. The van der Waals surface area contributed by atoms with Gasteiger partial charge in [-0.1, -0.05) is 6.58 Å². The average molecular weight is 401 g/mol. The maximum Gasteiger partial charge on any atom is 0.411 e. The molecule has 2 N–H and O–H groups in total. The van der Waals surface area contributed by atoms with E-state index in [1.165, 1.54) is 4.90 Å². The van der Waals surface area contributed by atoms with Gasteiger partial charge in [0.2, 0.25) is 0 Å². The molecule has 0 radical (unpaired) electrons. The maximum atomic E-state index is 13.0. The maximum absolute atomic E-state index is 13.0. The van der Waals surface area contributed by atoms with Crippen LogP contribution < -0.4 is 10.2 Å². The lowest BCUT2D eigenvalue weighted by Crippen LogP contribution is -2.32. The summed E-state index contributed by atoms with van der Waals surface area (Å²) in [7, 11) is 1.84. The van der Waals surface area contributed by atoms with Gasteiger partial charge in [-0.15, -0.1) is 11.8 Å². The second kappa shape index (κ2) is 10.9. The fraction of sp³-hybridized carbons (Fsp3) is 0.364. The third-order valence-corrected chi connectivity index (χ3v) is 5.05. The molecule has 0 spiro atoms. The molecule has 5 nitrogen and oxygen atoms in total. The zero-order valence-corrected chi connectivity index (χ0v) is 17.3. The number of benzene rings is 1. The minimum atomic E-state index is -0.978. The van der Waals surface area contributed by atoms with Gasteiger partial charge >= 0.3 is 6.09 Å². The van der Waals surface area contributed by atoms with Crippen molar-refractivity contribution in [3.8, 4) is 0 Å². The number of aryl methyl sites for hydroxylation is 1. The van der Waals surface area contributed by atoms with E-state index in [9.17, 15) is 14.7 Å². The molecule has 0 heterocycles. The van der Waals surface area contributed by atoms with Gasteiger partial charge in [-0.2, -0.15) is 0 Å². The summed E-state index contributed by atoms with van der Waals surface area (Å²) in [6.45, 7) is 5.15. The fourth-order valence-electron chi connectivity index (χ4n) is 3.25. The van der Waals surface area contributed by atoms with Gasteiger partial charge in [0.25, 0.3) is 0 Å². The van der Waals surface area contributed by atoms with Crippen molar-refractivity contribution in [1.29, 1.82) is 0 Å². The summed E-state index contributed by atoms with van der Waals surface area (Å²) < 4.78 is 0. The molecule has 0 unspecified atom stereocenters. The Morgan fingerprint density at radius 2 is 2.18 bits per heavy atom. The molecular weight excluding hydrogens is 372 g/mol. The van der Waals surface area contributed by atoms with E-state index >= 15 is 0 Å². The minimum Gasteiger partial charge on any atom is -0.465 e. The molecule has 0 aliphatic heterocycles. The smallest absolute Gasteiger partial charge is 0.411 e. The third-order valence-electron chi connectivity index (χ3n) is 4.65. The molecule has 0 bridgehead atoms. The Balaban J connectivity index is 2.28. The third kappa shape index (κ3) is 5.84. The molecule has 150 valence electrons. The van der Waals surface area contributed by atoms with Gasteiger partial charge in [0.15, 0.2) is 5.78 Å². The topological polar surface area (TPSA) is 69.6 Å². The van der Waals surface area contributed by atoms with Crippen molar-refractivity contribution < 1.29 is 14.7 Å². The number of Topliss-reactive ketones (excluding diaryl/α,β-unsaturated/α-hetero) is 1. The first-order chi connectivity index (χ1) is 13.5. The molecule has 28 heavy (non-hydrogen) atoms. The Labute approximate surface area is 171 Å². The lowest BCUT2D eigenvalue weighted by atomic mass is 9.98. The van der Waals surface area contributed by atoms with Crippen molar-refractivity contribution in [3.05, 3.63) is 64.6 Å². The number of rotatable bonds is 8. The monoisotopic (exact) mass is 400 g/mol. The number of nitrogens with one attached hydrogen (secondary N) is 1. The number of ketones is 1. The van der Waals surface area contributed by atoms with Gasteiger partial charge in [0.05, 0.1) is 0 Å². The lowest BCUT2D eigenvalue weighted by Gasteiger charge is -2.20. The van der Waals surface area contributed by atoms with Gasteiger partial charge in [-0.25, -0.2) is 4.79 Å². The zero-order chi connectivity index (χ0) is 20.5. The van der Waals surface area contributed by atoms with Crippen LogP contribution in [0.25, 0.3) is 0 Å². The van der Waals surface area contributed by atoms with Crippen LogP contribution in [0.4, 0.5) is 10.5 Å². The number of allylic oxidation sites excluding steroid dienone is 4. The number of hydrogen-bond donors (Lipinski definition) is 2. The number of carbonyl (C=O) groups excluding carboxylic acids is 1. The van der Waals surface area contributed by atoms with Gasteiger partial charge < -0.3 is 10.4 Å². The summed E-state index contributed by atoms with van der Waals surface area (Å²) in [6, 6.07) is 5.35. The Hall–Kier alpha value is -2.31. The van der Waals surface area contributed by atoms with Crippen molar-refractivity contribution in [2.75, 3.05) is 31.3 Å². The number of carbonyl (C=O) groups is 2. The van der Waals surface area contributed by atoms with E-state index in [1.807, 2.05) is 36.9 Å². The second-order valence-electron chi connectivity index (χ2n) is 6.70. The van der Waals surface area contributed by atoms with Crippen molar-refractivity contribution >= 4 is 29.3 Å². The zero-order valence-electron chi connectivity index (χ0n) is 16.5. The van der Waals surface area contributed by atoms with E-state index in [-0.39, 0.29) is 5.78 Å². The summed E-state index contributed by atoms with van der Waals surface area (Å²) in [4.78, 5) is 26.0. The predicted molar refractivity (Wildman–Crippen MR) is 118 cm³/mol. The number of carboxylic acid groups (broad SMARTS) is 1. The van der Waals surface area contributed by atoms with E-state index in [4.69, 9.17) is 0 Å². The van der Waals surface area contributed by atoms with Gasteiger partial charge in [-0.05, 0) is 92.4 Å². The van der Waals surface area contributed by atoms with Crippen LogP contribution in [0.2, 0.25) is 0 Å². The summed E-state index contributed by atoms with van der Waals surface area (Å²) in [5, 5.41) is 14.5. The van der Waals surface area contributed by atoms with Crippen LogP contribution in [0, 0.1) is 0 Å². The molecule has 0 saturated carbocycles. The van der Waals surface area contributed by atoms with E-state index in [0.29, 0.717) is 24.2 Å². The molecule has 1 amide bonds. The Bertz CT molecular complexity index is 799. The number of thioether (sulfide) groups is 1. The molecule has 1 aliphatic rings. The van der Waals surface area contributed by atoms with Crippen LogP contribution >= 0.6 is 11.8 Å². The van der Waals surface area contributed by atoms with Crippen LogP contribution in [-0.2, 0) is 6.42 Å². The predicted octanol–water partition coefficient (Wildman–Crippen LogP) is 4.66. The average Bonchev–Trinajstić information content (AvgIpc) is 2.82. The highest BCUT2D eigenvalue weighted by Crippen LogP contribution is 2.29. The van der Waals surface area contributed by atoms with Gasteiger partial charge in [0.1, 0.15) is 0 Å². The standard InChI is InChI=1S/C22H28N2O3S/c1-16(10-13-28-3)14-18-7-4-6-17-15-19(8-9-20(17)21(18)25)24(22(26)27)12-5-11-23-2/h8-10,13-15,23H,1,4-7,11-12H2,2-3H3,(H,26,27)/b13-10-,18-14+. The Morgan fingerprint density at radius 1 is 1.39 bits per heavy atom. The fourth-order valence-corrected chi connectivity index (χ4v) is 3.56. The molecule has 0 saturated heterocycles. The van der Waals surface area contributed by atoms with E-state index in [1.54, 1.807) is 23.9 Å². The highest BCUT2D eigenvalue weighted by atomic mass is 32.2. The molecule has 2 rings (SSSR count). The molecule has 0 atom stereocenters. The largest absolute Gasteiger partial charge is 0.465 e. The lowest BCUT2D eigenvalue weighted by molar-refractivity contribution is 0.103. The minimum absolute atomic E-state index is 0.00908. The molecule has 0 fully saturated rings. The van der Waals surface area contributed by atoms with Gasteiger partial charge in [0, 0.05) is 23.4 Å². The summed E-state index contributed by atoms with van der Waals surface area (Å²) in [5.74, 6) is 0.00908. The molecule has 6 heteroatoms. The molecule has 1 aliphatic carbocycles. The second-order valence-corrected chi connectivity index (χ2v) is 7.44. The SMILES string of the molecule is C=C(/C=C\SC)/C=C1\CCCc2cc(N(CCCNC)C(=O)O)ccc2C1=O. The van der Waals surface area contributed by atoms with Crippen LogP contribution in [0.15, 0.2) is 53.5 Å². The first kappa shape index (κ1) is 22.0. The van der Waals surface area contributed by atoms with E-state index in [2.05, 4.69) is 11.9 Å². The molecule has 0 aromatic heterocycles. The Kier molecular flexibility index (Phi) is 8.54. The number of nitrogens with zero attached hydrogens (tertiary/aromatic N) is 1. The highest BCUT2D eigenvalue weighted by molar-refractivity contribution is 8.01. The first-order valence-electron chi connectivity index (χ1n) is 9.39.